The SMILES string of the molecule is O=S1(=O)N=C(CN2CCCCC2c2ccc(C(F)(F)F)cc2)Nc2ccccc21. The fourth-order valence-corrected chi connectivity index (χ4v) is 5.02. The molecule has 29 heavy (non-hydrogen) atoms. The topological polar surface area (TPSA) is 61.8 Å². The Morgan fingerprint density at radius 1 is 1.07 bits per heavy atom. The van der Waals surface area contributed by atoms with Gasteiger partial charge in [0.2, 0.25) is 0 Å². The summed E-state index contributed by atoms with van der Waals surface area (Å²) in [6.45, 7) is 0.993. The fraction of sp³-hybridized carbons (Fsp3) is 0.350. The lowest BCUT2D eigenvalue weighted by Gasteiger charge is -2.36. The van der Waals surface area contributed by atoms with E-state index < -0.39 is 21.8 Å². The summed E-state index contributed by atoms with van der Waals surface area (Å²) >= 11 is 0. The van der Waals surface area contributed by atoms with Gasteiger partial charge in [0.15, 0.2) is 0 Å². The smallest absolute Gasteiger partial charge is 0.341 e. The second-order valence-corrected chi connectivity index (χ2v) is 8.81. The molecule has 0 spiro atoms. The number of para-hydroxylation sites is 1. The van der Waals surface area contributed by atoms with Gasteiger partial charge in [0, 0.05) is 6.04 Å². The van der Waals surface area contributed by atoms with Crippen LogP contribution in [0.15, 0.2) is 57.8 Å². The third-order valence-corrected chi connectivity index (χ3v) is 6.64. The van der Waals surface area contributed by atoms with Crippen LogP contribution < -0.4 is 5.32 Å². The summed E-state index contributed by atoms with van der Waals surface area (Å²) in [4.78, 5) is 2.21. The van der Waals surface area contributed by atoms with Crippen molar-refractivity contribution in [2.45, 2.75) is 36.4 Å². The first-order chi connectivity index (χ1) is 13.7. The predicted octanol–water partition coefficient (Wildman–Crippen LogP) is 4.45. The van der Waals surface area contributed by atoms with Crippen LogP contribution in [-0.4, -0.2) is 32.2 Å². The van der Waals surface area contributed by atoms with Crippen molar-refractivity contribution in [3.05, 3.63) is 59.7 Å². The van der Waals surface area contributed by atoms with Crippen LogP contribution in [0.25, 0.3) is 0 Å². The van der Waals surface area contributed by atoms with Crippen LogP contribution in [0, 0.1) is 0 Å². The van der Waals surface area contributed by atoms with Crippen molar-refractivity contribution in [3.63, 3.8) is 0 Å². The Hall–Kier alpha value is -2.39. The number of likely N-dealkylation sites (tertiary alicyclic amines) is 1. The molecule has 1 fully saturated rings. The number of rotatable bonds is 3. The fourth-order valence-electron chi connectivity index (χ4n) is 3.88. The Labute approximate surface area is 167 Å². The van der Waals surface area contributed by atoms with Gasteiger partial charge in [-0.15, -0.1) is 4.40 Å². The number of sulfonamides is 1. The minimum atomic E-state index is -4.37. The van der Waals surface area contributed by atoms with Crippen LogP contribution in [0.2, 0.25) is 0 Å². The van der Waals surface area contributed by atoms with Gasteiger partial charge in [0.1, 0.15) is 10.7 Å². The van der Waals surface area contributed by atoms with E-state index in [2.05, 4.69) is 14.6 Å². The van der Waals surface area contributed by atoms with Crippen LogP contribution in [0.1, 0.15) is 36.4 Å². The number of hydrogen-bond acceptors (Lipinski definition) is 4. The second-order valence-electron chi connectivity index (χ2n) is 7.24. The Bertz CT molecular complexity index is 1030. The van der Waals surface area contributed by atoms with Crippen LogP contribution in [0.4, 0.5) is 18.9 Å². The zero-order valence-corrected chi connectivity index (χ0v) is 16.3. The van der Waals surface area contributed by atoms with Crippen molar-refractivity contribution < 1.29 is 21.6 Å². The highest BCUT2D eigenvalue weighted by Crippen LogP contribution is 2.35. The van der Waals surface area contributed by atoms with E-state index in [-0.39, 0.29) is 17.5 Å². The van der Waals surface area contributed by atoms with Crippen molar-refractivity contribution in [1.82, 2.24) is 4.90 Å². The highest BCUT2D eigenvalue weighted by Gasteiger charge is 2.32. The van der Waals surface area contributed by atoms with Gasteiger partial charge in [0.25, 0.3) is 10.0 Å². The molecule has 2 aromatic rings. The molecule has 0 aromatic heterocycles. The summed E-state index contributed by atoms with van der Waals surface area (Å²) in [5.74, 6) is 0.322. The lowest BCUT2D eigenvalue weighted by Crippen LogP contribution is -2.40. The molecule has 0 aliphatic carbocycles. The lowest BCUT2D eigenvalue weighted by atomic mass is 9.94. The first-order valence-electron chi connectivity index (χ1n) is 9.35. The third kappa shape index (κ3) is 4.16. The van der Waals surface area contributed by atoms with Crippen molar-refractivity contribution in [3.8, 4) is 0 Å². The molecule has 2 aliphatic heterocycles. The number of hydrogen-bond donors (Lipinski definition) is 1. The van der Waals surface area contributed by atoms with E-state index in [0.29, 0.717) is 18.1 Å². The molecule has 1 unspecified atom stereocenters. The zero-order chi connectivity index (χ0) is 20.6. The highest BCUT2D eigenvalue weighted by molar-refractivity contribution is 7.90. The normalized spacial score (nSPS) is 21.8. The van der Waals surface area contributed by atoms with Gasteiger partial charge in [-0.3, -0.25) is 4.90 Å². The van der Waals surface area contributed by atoms with E-state index in [4.69, 9.17) is 0 Å². The average Bonchev–Trinajstić information content (AvgIpc) is 2.67. The predicted molar refractivity (Wildman–Crippen MR) is 104 cm³/mol. The van der Waals surface area contributed by atoms with E-state index >= 15 is 0 Å². The van der Waals surface area contributed by atoms with Crippen LogP contribution in [-0.2, 0) is 16.2 Å². The van der Waals surface area contributed by atoms with Gasteiger partial charge in [0.05, 0.1) is 17.8 Å². The quantitative estimate of drug-likeness (QED) is 0.793. The molecule has 9 heteroatoms. The summed E-state index contributed by atoms with van der Waals surface area (Å²) in [6, 6.07) is 11.7. The van der Waals surface area contributed by atoms with Gasteiger partial charge < -0.3 is 5.32 Å². The largest absolute Gasteiger partial charge is 0.416 e. The maximum atomic E-state index is 12.9. The first-order valence-corrected chi connectivity index (χ1v) is 10.8. The molecule has 1 N–H and O–H groups in total. The summed E-state index contributed by atoms with van der Waals surface area (Å²) < 4.78 is 67.4. The van der Waals surface area contributed by atoms with Crippen molar-refractivity contribution >= 4 is 21.5 Å². The monoisotopic (exact) mass is 423 g/mol. The maximum absolute atomic E-state index is 12.9. The van der Waals surface area contributed by atoms with E-state index in [1.54, 1.807) is 18.2 Å². The molecule has 0 bridgehead atoms. The maximum Gasteiger partial charge on any atom is 0.416 e. The van der Waals surface area contributed by atoms with Gasteiger partial charge in [-0.2, -0.15) is 21.6 Å². The molecule has 5 nitrogen and oxygen atoms in total. The molecule has 4 rings (SSSR count). The molecule has 2 aromatic carbocycles. The highest BCUT2D eigenvalue weighted by atomic mass is 32.2. The van der Waals surface area contributed by atoms with Crippen molar-refractivity contribution in [1.29, 1.82) is 0 Å². The lowest BCUT2D eigenvalue weighted by molar-refractivity contribution is -0.137. The zero-order valence-electron chi connectivity index (χ0n) is 15.5. The molecule has 1 saturated heterocycles. The molecular formula is C20H20F3N3O2S. The average molecular weight is 423 g/mol. The number of nitrogens with zero attached hydrogens (tertiary/aromatic N) is 2. The summed E-state index contributed by atoms with van der Waals surface area (Å²) in [6.07, 6.45) is -1.67. The number of alkyl halides is 3. The Balaban J connectivity index is 1.57. The number of amidine groups is 1. The Morgan fingerprint density at radius 2 is 1.79 bits per heavy atom. The number of piperidine rings is 1. The molecule has 154 valence electrons. The van der Waals surface area contributed by atoms with E-state index in [1.165, 1.54) is 18.2 Å². The van der Waals surface area contributed by atoms with Crippen LogP contribution >= 0.6 is 0 Å². The van der Waals surface area contributed by atoms with Gasteiger partial charge in [-0.05, 0) is 49.2 Å². The molecular weight excluding hydrogens is 403 g/mol. The Morgan fingerprint density at radius 3 is 2.52 bits per heavy atom. The standard InChI is InChI=1S/C20H20F3N3O2S/c21-20(22,23)15-10-8-14(9-11-15)17-6-3-4-12-26(17)13-19-24-16-5-1-2-7-18(16)29(27,28)25-19/h1-2,5,7-11,17H,3-4,6,12-13H2,(H,24,25). The van der Waals surface area contributed by atoms with E-state index in [1.807, 2.05) is 0 Å². The molecule has 2 heterocycles. The Kier molecular flexibility index (Phi) is 5.12. The molecule has 1 atom stereocenters. The number of fused-ring (bicyclic) bond motifs is 1. The van der Waals surface area contributed by atoms with Gasteiger partial charge in [-0.25, -0.2) is 0 Å². The number of benzene rings is 2. The van der Waals surface area contributed by atoms with Gasteiger partial charge in [-0.1, -0.05) is 30.7 Å². The minimum absolute atomic E-state index is 0.0876. The number of anilines is 1. The summed E-state index contributed by atoms with van der Waals surface area (Å²) in [7, 11) is -3.77. The first kappa shape index (κ1) is 19.9. The summed E-state index contributed by atoms with van der Waals surface area (Å²) in [5.41, 5.74) is 0.600. The molecule has 0 radical (unpaired) electrons. The number of halogens is 3. The number of nitrogens with one attached hydrogen (secondary N) is 1. The molecule has 0 saturated carbocycles. The van der Waals surface area contributed by atoms with Gasteiger partial charge >= 0.3 is 6.18 Å². The van der Waals surface area contributed by atoms with E-state index in [0.717, 1.165) is 37.0 Å². The second kappa shape index (κ2) is 7.46. The minimum Gasteiger partial charge on any atom is -0.341 e. The molecule has 2 aliphatic rings. The van der Waals surface area contributed by atoms with Crippen molar-refractivity contribution in [2.24, 2.45) is 4.40 Å². The molecule has 0 amide bonds. The van der Waals surface area contributed by atoms with E-state index in [9.17, 15) is 21.6 Å². The van der Waals surface area contributed by atoms with Crippen LogP contribution in [0.3, 0.4) is 0 Å². The third-order valence-electron chi connectivity index (χ3n) is 5.26. The van der Waals surface area contributed by atoms with Crippen molar-refractivity contribution in [2.75, 3.05) is 18.4 Å². The van der Waals surface area contributed by atoms with Crippen LogP contribution in [0.5, 0.6) is 0 Å². The summed E-state index contributed by atoms with van der Waals surface area (Å²) in [5, 5.41) is 3.08.